The van der Waals surface area contributed by atoms with Crippen LogP contribution < -0.4 is 11.1 Å². The van der Waals surface area contributed by atoms with Crippen LogP contribution in [0.3, 0.4) is 0 Å². The number of hydrogen-bond donors (Lipinski definition) is 3. The first kappa shape index (κ1) is 14.2. The molecule has 1 amide bonds. The van der Waals surface area contributed by atoms with E-state index in [0.717, 1.165) is 11.5 Å². The molecule has 7 heteroatoms. The second kappa shape index (κ2) is 5.81. The normalized spacial score (nSPS) is 11.9. The number of aryl methyl sites for hydroxylation is 1. The summed E-state index contributed by atoms with van der Waals surface area (Å²) < 4.78 is 3.93. The number of benzene rings is 1. The molecule has 2 aromatic rings. The van der Waals surface area contributed by atoms with E-state index in [9.17, 15) is 9.59 Å². The molecule has 1 atom stereocenters. The third-order valence-corrected chi connectivity index (χ3v) is 3.61. The molecule has 4 N–H and O–H groups in total. The predicted octanol–water partition coefficient (Wildman–Crippen LogP) is 1.79. The Morgan fingerprint density at radius 3 is 2.60 bits per heavy atom. The molecule has 20 heavy (non-hydrogen) atoms. The molecule has 1 heterocycles. The van der Waals surface area contributed by atoms with Crippen molar-refractivity contribution < 1.29 is 14.7 Å². The van der Waals surface area contributed by atoms with Crippen molar-refractivity contribution in [3.63, 3.8) is 0 Å². The Morgan fingerprint density at radius 2 is 2.00 bits per heavy atom. The van der Waals surface area contributed by atoms with Gasteiger partial charge in [0.05, 0.1) is 5.69 Å². The molecule has 0 saturated heterocycles. The van der Waals surface area contributed by atoms with Gasteiger partial charge in [-0.1, -0.05) is 30.3 Å². The van der Waals surface area contributed by atoms with Crippen LogP contribution in [-0.4, -0.2) is 21.4 Å². The second-order valence-electron chi connectivity index (χ2n) is 4.15. The number of aromatic carboxylic acids is 1. The van der Waals surface area contributed by atoms with Crippen LogP contribution in [0.25, 0.3) is 0 Å². The van der Waals surface area contributed by atoms with Crippen molar-refractivity contribution in [2.75, 3.05) is 5.32 Å². The first-order valence-corrected chi connectivity index (χ1v) is 6.59. The van der Waals surface area contributed by atoms with Gasteiger partial charge in [-0.3, -0.25) is 4.79 Å². The third kappa shape index (κ3) is 2.84. The minimum Gasteiger partial charge on any atom is -0.478 e. The molecular formula is C13H13N3O3S. The van der Waals surface area contributed by atoms with Crippen molar-refractivity contribution in [3.05, 3.63) is 47.2 Å². The lowest BCUT2D eigenvalue weighted by atomic mass is 10.1. The monoisotopic (exact) mass is 291 g/mol. The van der Waals surface area contributed by atoms with Crippen LogP contribution in [0.1, 0.15) is 27.7 Å². The summed E-state index contributed by atoms with van der Waals surface area (Å²) in [6.07, 6.45) is 0. The maximum atomic E-state index is 12.0. The van der Waals surface area contributed by atoms with E-state index in [0.29, 0.717) is 11.3 Å². The average Bonchev–Trinajstić information content (AvgIpc) is 2.79. The van der Waals surface area contributed by atoms with E-state index in [1.54, 1.807) is 31.2 Å². The molecule has 1 aromatic carbocycles. The van der Waals surface area contributed by atoms with E-state index in [4.69, 9.17) is 10.8 Å². The summed E-state index contributed by atoms with van der Waals surface area (Å²) in [5, 5.41) is 11.8. The first-order chi connectivity index (χ1) is 9.50. The van der Waals surface area contributed by atoms with Gasteiger partial charge in [-0.25, -0.2) is 4.79 Å². The maximum Gasteiger partial charge on any atom is 0.340 e. The van der Waals surface area contributed by atoms with Gasteiger partial charge in [0.1, 0.15) is 16.6 Å². The smallest absolute Gasteiger partial charge is 0.340 e. The van der Waals surface area contributed by atoms with Crippen molar-refractivity contribution in [2.24, 2.45) is 5.73 Å². The molecule has 104 valence electrons. The molecule has 0 aliphatic carbocycles. The highest BCUT2D eigenvalue weighted by Gasteiger charge is 2.22. The van der Waals surface area contributed by atoms with Crippen LogP contribution in [0.15, 0.2) is 30.3 Å². The molecule has 0 unspecified atom stereocenters. The molecule has 0 spiro atoms. The zero-order valence-electron chi connectivity index (χ0n) is 10.7. The van der Waals surface area contributed by atoms with Gasteiger partial charge < -0.3 is 16.2 Å². The Hall–Kier alpha value is -2.25. The number of amides is 1. The van der Waals surface area contributed by atoms with E-state index >= 15 is 0 Å². The Morgan fingerprint density at radius 1 is 1.35 bits per heavy atom. The highest BCUT2D eigenvalue weighted by Crippen LogP contribution is 2.25. The highest BCUT2D eigenvalue weighted by atomic mass is 32.1. The first-order valence-electron chi connectivity index (χ1n) is 5.81. The summed E-state index contributed by atoms with van der Waals surface area (Å²) in [5.74, 6) is -1.60. The van der Waals surface area contributed by atoms with E-state index in [2.05, 4.69) is 9.69 Å². The molecule has 0 fully saturated rings. The fraction of sp³-hybridized carbons (Fsp3) is 0.154. The number of nitrogens with zero attached hydrogens (tertiary/aromatic N) is 1. The Balaban J connectivity index is 2.18. The van der Waals surface area contributed by atoms with Crippen LogP contribution in [0.4, 0.5) is 5.00 Å². The molecular weight excluding hydrogens is 278 g/mol. The minimum atomic E-state index is -1.13. The number of anilines is 1. The van der Waals surface area contributed by atoms with E-state index in [1.807, 2.05) is 6.07 Å². The molecule has 0 saturated carbocycles. The zero-order valence-corrected chi connectivity index (χ0v) is 11.5. The fourth-order valence-corrected chi connectivity index (χ4v) is 2.50. The van der Waals surface area contributed by atoms with E-state index in [1.165, 1.54) is 0 Å². The van der Waals surface area contributed by atoms with E-state index < -0.39 is 17.9 Å². The summed E-state index contributed by atoms with van der Waals surface area (Å²) in [5.41, 5.74) is 6.87. The van der Waals surface area contributed by atoms with Crippen molar-refractivity contribution >= 4 is 28.4 Å². The Bertz CT molecular complexity index is 640. The second-order valence-corrected chi connectivity index (χ2v) is 4.93. The van der Waals surface area contributed by atoms with Crippen molar-refractivity contribution in [2.45, 2.75) is 13.0 Å². The summed E-state index contributed by atoms with van der Waals surface area (Å²) in [6, 6.07) is 7.99. The highest BCUT2D eigenvalue weighted by molar-refractivity contribution is 7.11. The van der Waals surface area contributed by atoms with Crippen LogP contribution in [0.5, 0.6) is 0 Å². The number of carboxylic acid groups (broad SMARTS) is 1. The molecule has 0 aliphatic heterocycles. The predicted molar refractivity (Wildman–Crippen MR) is 75.8 cm³/mol. The SMILES string of the molecule is Cc1nsc(NC(=O)[C@@H](N)c2ccccc2)c1C(=O)O. The molecule has 2 rings (SSSR count). The quantitative estimate of drug-likeness (QED) is 0.796. The van der Waals surface area contributed by atoms with Crippen LogP contribution in [0.2, 0.25) is 0 Å². The maximum absolute atomic E-state index is 12.0. The van der Waals surface area contributed by atoms with Gasteiger partial charge in [0, 0.05) is 0 Å². The standard InChI is InChI=1S/C13H13N3O3S/c1-7-9(13(18)19)12(20-16-7)15-11(17)10(14)8-5-3-2-4-6-8/h2-6,10H,14H2,1H3,(H,15,17)(H,18,19)/t10-/m0/s1. The number of carbonyl (C=O) groups is 2. The van der Waals surface area contributed by atoms with E-state index in [-0.39, 0.29) is 10.6 Å². The summed E-state index contributed by atoms with van der Waals surface area (Å²) >= 11 is 0.927. The van der Waals surface area contributed by atoms with Gasteiger partial charge in [-0.05, 0) is 24.0 Å². The number of nitrogens with one attached hydrogen (secondary N) is 1. The van der Waals surface area contributed by atoms with Crippen LogP contribution >= 0.6 is 11.5 Å². The van der Waals surface area contributed by atoms with Crippen molar-refractivity contribution in [1.29, 1.82) is 0 Å². The molecule has 0 radical (unpaired) electrons. The van der Waals surface area contributed by atoms with Gasteiger partial charge in [-0.15, -0.1) is 0 Å². The Labute approximate surface area is 119 Å². The summed E-state index contributed by atoms with van der Waals surface area (Å²) in [7, 11) is 0. The van der Waals surface area contributed by atoms with Gasteiger partial charge >= 0.3 is 5.97 Å². The lowest BCUT2D eigenvalue weighted by molar-refractivity contribution is -0.117. The van der Waals surface area contributed by atoms with Crippen LogP contribution in [-0.2, 0) is 4.79 Å². The number of hydrogen-bond acceptors (Lipinski definition) is 5. The van der Waals surface area contributed by atoms with Gasteiger partial charge in [0.15, 0.2) is 0 Å². The zero-order chi connectivity index (χ0) is 14.7. The number of nitrogens with two attached hydrogens (primary N) is 1. The van der Waals surface area contributed by atoms with Crippen LogP contribution in [0, 0.1) is 6.92 Å². The molecule has 1 aromatic heterocycles. The molecule has 6 nitrogen and oxygen atoms in total. The third-order valence-electron chi connectivity index (χ3n) is 2.75. The lowest BCUT2D eigenvalue weighted by Gasteiger charge is -2.11. The van der Waals surface area contributed by atoms with Gasteiger partial charge in [-0.2, -0.15) is 4.37 Å². The largest absolute Gasteiger partial charge is 0.478 e. The summed E-state index contributed by atoms with van der Waals surface area (Å²) in [6.45, 7) is 1.58. The van der Waals surface area contributed by atoms with Gasteiger partial charge in [0.25, 0.3) is 0 Å². The number of aromatic nitrogens is 1. The number of rotatable bonds is 4. The molecule has 0 bridgehead atoms. The lowest BCUT2D eigenvalue weighted by Crippen LogP contribution is -2.27. The van der Waals surface area contributed by atoms with Crippen molar-refractivity contribution in [1.82, 2.24) is 4.37 Å². The average molecular weight is 291 g/mol. The number of carbonyl (C=O) groups excluding carboxylic acids is 1. The fourth-order valence-electron chi connectivity index (χ4n) is 1.71. The van der Waals surface area contributed by atoms with Crippen molar-refractivity contribution in [3.8, 4) is 0 Å². The van der Waals surface area contributed by atoms with Gasteiger partial charge in [0.2, 0.25) is 5.91 Å². The molecule has 0 aliphatic rings. The topological polar surface area (TPSA) is 105 Å². The number of carboxylic acids is 1. The Kier molecular flexibility index (Phi) is 4.11. The summed E-state index contributed by atoms with van der Waals surface area (Å²) in [4.78, 5) is 23.2. The minimum absolute atomic E-state index is 0.00334.